The number of hydrogen-bond acceptors (Lipinski definition) is 3. The Morgan fingerprint density at radius 3 is 2.64 bits per heavy atom. The summed E-state index contributed by atoms with van der Waals surface area (Å²) in [4.78, 5) is 21.5. The van der Waals surface area contributed by atoms with Crippen LogP contribution in [0.3, 0.4) is 0 Å². The number of benzene rings is 1. The summed E-state index contributed by atoms with van der Waals surface area (Å²) in [6.07, 6.45) is 0.390. The van der Waals surface area contributed by atoms with E-state index in [2.05, 4.69) is 0 Å². The first-order chi connectivity index (χ1) is 6.60. The Hall–Kier alpha value is -2.02. The van der Waals surface area contributed by atoms with Crippen LogP contribution in [-0.4, -0.2) is 12.1 Å². The number of rotatable bonds is 2. The largest absolute Gasteiger partial charge is 0.298 e. The average Bonchev–Trinajstić information content (AvgIpc) is 2.16. The molecule has 1 aromatic rings. The Labute approximate surface area is 79.8 Å². The maximum Gasteiger partial charge on any atom is 0.160 e. The molecule has 4 heteroatoms. The first-order valence-electron chi connectivity index (χ1n) is 3.80. The Kier molecular flexibility index (Phi) is 2.73. The van der Waals surface area contributed by atoms with E-state index < -0.39 is 5.82 Å². The number of nitrogens with zero attached hydrogens (tertiary/aromatic N) is 1. The van der Waals surface area contributed by atoms with Crippen LogP contribution < -0.4 is 0 Å². The van der Waals surface area contributed by atoms with E-state index in [1.165, 1.54) is 6.92 Å². The molecule has 0 atom stereocenters. The minimum atomic E-state index is -0.792. The molecule has 0 aliphatic heterocycles. The molecule has 0 saturated carbocycles. The number of carbonyl (C=O) groups excluding carboxylic acids is 2. The molecule has 70 valence electrons. The molecule has 0 unspecified atom stereocenters. The summed E-state index contributed by atoms with van der Waals surface area (Å²) in [6, 6.07) is 3.57. The highest BCUT2D eigenvalue weighted by Gasteiger charge is 2.11. The first-order valence-corrected chi connectivity index (χ1v) is 3.80. The minimum absolute atomic E-state index is 0.0333. The monoisotopic (exact) mass is 191 g/mol. The van der Waals surface area contributed by atoms with Crippen molar-refractivity contribution >= 4 is 12.1 Å². The van der Waals surface area contributed by atoms with Crippen LogP contribution in [0.5, 0.6) is 0 Å². The predicted molar refractivity (Wildman–Crippen MR) is 46.5 cm³/mol. The molecule has 1 rings (SSSR count). The molecule has 0 fully saturated rings. The summed E-state index contributed by atoms with van der Waals surface area (Å²) in [5, 5.41) is 8.50. The van der Waals surface area contributed by atoms with Gasteiger partial charge in [-0.2, -0.15) is 5.26 Å². The summed E-state index contributed by atoms with van der Waals surface area (Å²) < 4.78 is 13.0. The number of hydrogen-bond donors (Lipinski definition) is 0. The van der Waals surface area contributed by atoms with Crippen LogP contribution in [0.4, 0.5) is 4.39 Å². The molecule has 0 radical (unpaired) electrons. The zero-order valence-corrected chi connectivity index (χ0v) is 7.37. The van der Waals surface area contributed by atoms with Crippen molar-refractivity contribution in [3.63, 3.8) is 0 Å². The topological polar surface area (TPSA) is 57.9 Å². The fourth-order valence-corrected chi connectivity index (χ4v) is 1.08. The molecular formula is C10H6FNO2. The van der Waals surface area contributed by atoms with E-state index in [0.29, 0.717) is 6.29 Å². The van der Waals surface area contributed by atoms with Crippen molar-refractivity contribution < 1.29 is 14.0 Å². The van der Waals surface area contributed by atoms with Crippen molar-refractivity contribution in [3.05, 3.63) is 34.6 Å². The van der Waals surface area contributed by atoms with Crippen LogP contribution in [0.25, 0.3) is 0 Å². The lowest BCUT2D eigenvalue weighted by Gasteiger charge is -2.01. The zero-order chi connectivity index (χ0) is 10.7. The Balaban J connectivity index is 3.49. The normalized spacial score (nSPS) is 9.21. The van der Waals surface area contributed by atoms with Crippen LogP contribution in [0.15, 0.2) is 12.1 Å². The second kappa shape index (κ2) is 3.79. The molecular weight excluding hydrogens is 185 g/mol. The van der Waals surface area contributed by atoms with Crippen LogP contribution in [0, 0.1) is 17.1 Å². The van der Waals surface area contributed by atoms with E-state index in [1.807, 2.05) is 0 Å². The van der Waals surface area contributed by atoms with Crippen molar-refractivity contribution in [3.8, 4) is 6.07 Å². The molecule has 0 bridgehead atoms. The maximum atomic E-state index is 13.0. The Bertz CT molecular complexity index is 446. The van der Waals surface area contributed by atoms with E-state index >= 15 is 0 Å². The van der Waals surface area contributed by atoms with Gasteiger partial charge in [0.15, 0.2) is 12.1 Å². The molecule has 0 aromatic heterocycles. The number of nitriles is 1. The molecule has 0 heterocycles. The van der Waals surface area contributed by atoms with Gasteiger partial charge in [-0.3, -0.25) is 9.59 Å². The molecule has 0 aliphatic rings. The van der Waals surface area contributed by atoms with Gasteiger partial charge < -0.3 is 0 Å². The SMILES string of the molecule is CC(=O)c1cc(C#N)c(F)cc1C=O. The molecule has 3 nitrogen and oxygen atoms in total. The number of Topliss-reactive ketones (excluding diaryl/α,β-unsaturated/α-hetero) is 1. The maximum absolute atomic E-state index is 13.0. The molecule has 1 aromatic carbocycles. The van der Waals surface area contributed by atoms with Gasteiger partial charge in [-0.15, -0.1) is 0 Å². The van der Waals surface area contributed by atoms with Gasteiger partial charge in [0.25, 0.3) is 0 Å². The van der Waals surface area contributed by atoms with Crippen LogP contribution >= 0.6 is 0 Å². The number of halogens is 1. The highest BCUT2D eigenvalue weighted by Crippen LogP contribution is 2.14. The fourth-order valence-electron chi connectivity index (χ4n) is 1.08. The number of carbonyl (C=O) groups is 2. The van der Waals surface area contributed by atoms with Crippen LogP contribution in [-0.2, 0) is 0 Å². The molecule has 0 N–H and O–H groups in total. The van der Waals surface area contributed by atoms with Crippen molar-refractivity contribution in [2.45, 2.75) is 6.92 Å². The average molecular weight is 191 g/mol. The van der Waals surface area contributed by atoms with E-state index in [1.54, 1.807) is 6.07 Å². The number of aldehydes is 1. The molecule has 0 amide bonds. The van der Waals surface area contributed by atoms with Gasteiger partial charge >= 0.3 is 0 Å². The molecule has 0 saturated heterocycles. The molecule has 0 spiro atoms. The van der Waals surface area contributed by atoms with Gasteiger partial charge in [0.2, 0.25) is 0 Å². The molecule has 14 heavy (non-hydrogen) atoms. The zero-order valence-electron chi connectivity index (χ0n) is 7.37. The van der Waals surface area contributed by atoms with E-state index in [-0.39, 0.29) is 22.5 Å². The van der Waals surface area contributed by atoms with Gasteiger partial charge in [-0.1, -0.05) is 0 Å². The quantitative estimate of drug-likeness (QED) is 0.528. The highest BCUT2D eigenvalue weighted by molar-refractivity contribution is 6.01. The third-order valence-electron chi connectivity index (χ3n) is 1.77. The van der Waals surface area contributed by atoms with Crippen molar-refractivity contribution in [2.24, 2.45) is 0 Å². The van der Waals surface area contributed by atoms with Crippen molar-refractivity contribution in [2.75, 3.05) is 0 Å². The minimum Gasteiger partial charge on any atom is -0.298 e. The Morgan fingerprint density at radius 2 is 2.21 bits per heavy atom. The van der Waals surface area contributed by atoms with Gasteiger partial charge in [-0.05, 0) is 19.1 Å². The van der Waals surface area contributed by atoms with Gasteiger partial charge in [-0.25, -0.2) is 4.39 Å². The second-order valence-corrected chi connectivity index (χ2v) is 2.71. The third kappa shape index (κ3) is 1.67. The lowest BCUT2D eigenvalue weighted by molar-refractivity contribution is 0.100. The third-order valence-corrected chi connectivity index (χ3v) is 1.77. The van der Waals surface area contributed by atoms with Crippen LogP contribution in [0.1, 0.15) is 33.2 Å². The summed E-state index contributed by atoms with van der Waals surface area (Å²) in [5.74, 6) is -1.16. The lowest BCUT2D eigenvalue weighted by Crippen LogP contribution is -2.01. The highest BCUT2D eigenvalue weighted by atomic mass is 19.1. The smallest absolute Gasteiger partial charge is 0.160 e. The van der Waals surface area contributed by atoms with Crippen LogP contribution in [0.2, 0.25) is 0 Å². The summed E-state index contributed by atoms with van der Waals surface area (Å²) in [6.45, 7) is 1.25. The summed E-state index contributed by atoms with van der Waals surface area (Å²) in [7, 11) is 0. The van der Waals surface area contributed by atoms with Crippen molar-refractivity contribution in [1.82, 2.24) is 0 Å². The number of ketones is 1. The van der Waals surface area contributed by atoms with Gasteiger partial charge in [0.05, 0.1) is 5.56 Å². The first kappa shape index (κ1) is 10.1. The van der Waals surface area contributed by atoms with E-state index in [0.717, 1.165) is 12.1 Å². The summed E-state index contributed by atoms with van der Waals surface area (Å²) >= 11 is 0. The second-order valence-electron chi connectivity index (χ2n) is 2.71. The van der Waals surface area contributed by atoms with E-state index in [4.69, 9.17) is 5.26 Å². The predicted octanol–water partition coefficient (Wildman–Crippen LogP) is 1.71. The van der Waals surface area contributed by atoms with Crippen molar-refractivity contribution in [1.29, 1.82) is 5.26 Å². The Morgan fingerprint density at radius 1 is 1.57 bits per heavy atom. The fraction of sp³-hybridized carbons (Fsp3) is 0.100. The lowest BCUT2D eigenvalue weighted by atomic mass is 10.0. The standard InChI is InChI=1S/C10H6FNO2/c1-6(14)9-2-7(4-12)10(11)3-8(9)5-13/h2-3,5H,1H3. The van der Waals surface area contributed by atoms with E-state index in [9.17, 15) is 14.0 Å². The van der Waals surface area contributed by atoms with Gasteiger partial charge in [0, 0.05) is 11.1 Å². The summed E-state index contributed by atoms with van der Waals surface area (Å²) in [5.41, 5.74) is -0.201. The molecule has 0 aliphatic carbocycles. The van der Waals surface area contributed by atoms with Gasteiger partial charge in [0.1, 0.15) is 11.9 Å².